The van der Waals surface area contributed by atoms with E-state index in [-0.39, 0.29) is 11.3 Å². The minimum Gasteiger partial charge on any atom is -0.394 e. The lowest BCUT2D eigenvalue weighted by atomic mass is 9.99. The third-order valence-corrected chi connectivity index (χ3v) is 3.75. The predicted molar refractivity (Wildman–Crippen MR) is 71.9 cm³/mol. The summed E-state index contributed by atoms with van der Waals surface area (Å²) in [4.78, 5) is 0.122. The summed E-state index contributed by atoms with van der Waals surface area (Å²) in [5.41, 5.74) is 0. The first-order valence-corrected chi connectivity index (χ1v) is 7.60. The molecule has 0 saturated heterocycles. The monoisotopic (exact) mass is 300 g/mol. The van der Waals surface area contributed by atoms with Gasteiger partial charge in [0.25, 0.3) is 0 Å². The Hall–Kier alpha value is 0.0400. The minimum absolute atomic E-state index is 0.122. The fourth-order valence-electron chi connectivity index (χ4n) is 1.31. The summed E-state index contributed by atoms with van der Waals surface area (Å²) in [5, 5.41) is 46.3. The Morgan fingerprint density at radius 3 is 2.22 bits per heavy atom. The van der Waals surface area contributed by atoms with Crippen LogP contribution in [0.25, 0.3) is 0 Å². The van der Waals surface area contributed by atoms with Crippen LogP contribution in [-0.4, -0.2) is 77.6 Å². The Morgan fingerprint density at radius 1 is 1.22 bits per heavy atom. The van der Waals surface area contributed by atoms with Crippen LogP contribution in [0.4, 0.5) is 0 Å². The van der Waals surface area contributed by atoms with E-state index in [2.05, 4.69) is 0 Å². The number of hydrogen-bond donors (Lipinski definition) is 5. The van der Waals surface area contributed by atoms with Gasteiger partial charge >= 0.3 is 0 Å². The van der Waals surface area contributed by atoms with Gasteiger partial charge in [-0.1, -0.05) is 12.2 Å². The summed E-state index contributed by atoms with van der Waals surface area (Å²) < 4.78 is 10.8. The van der Waals surface area contributed by atoms with Crippen molar-refractivity contribution in [3.8, 4) is 0 Å². The number of hydrogen-bond acceptors (Lipinski definition) is 7. The van der Waals surface area contributed by atoms with Crippen LogP contribution < -0.4 is 0 Å². The zero-order valence-corrected chi connectivity index (χ0v) is 11.7. The molecule has 0 aromatic rings. The highest BCUT2D eigenvalue weighted by Crippen LogP contribution is 2.10. The van der Waals surface area contributed by atoms with Gasteiger partial charge in [0.1, 0.15) is 24.4 Å². The number of aliphatic hydroxyl groups excluding tert-OH is 5. The molecule has 5 atom stereocenters. The highest BCUT2D eigenvalue weighted by Gasteiger charge is 2.31. The molecule has 0 fully saturated rings. The summed E-state index contributed by atoms with van der Waals surface area (Å²) in [7, 11) is -0.950. The lowest BCUT2D eigenvalue weighted by molar-refractivity contribution is -0.101. The van der Waals surface area contributed by atoms with Crippen LogP contribution in [0.15, 0.2) is 0 Å². The van der Waals surface area contributed by atoms with Crippen LogP contribution in [0.1, 0.15) is 12.8 Å². The molecule has 6 nitrogen and oxygen atoms in total. The Balaban J connectivity index is 4.23. The van der Waals surface area contributed by atoms with E-state index in [1.807, 2.05) is 0 Å². The second kappa shape index (κ2) is 9.03. The summed E-state index contributed by atoms with van der Waals surface area (Å²) in [6.07, 6.45) is -4.01. The van der Waals surface area contributed by atoms with E-state index in [0.29, 0.717) is 12.2 Å². The van der Waals surface area contributed by atoms with Gasteiger partial charge in [0.05, 0.1) is 6.61 Å². The second-order valence-corrected chi connectivity index (χ2v) is 6.10. The van der Waals surface area contributed by atoms with Crippen LogP contribution >= 0.6 is 12.2 Å². The molecule has 0 radical (unpaired) electrons. The first-order chi connectivity index (χ1) is 8.31. The van der Waals surface area contributed by atoms with Crippen molar-refractivity contribution in [1.29, 1.82) is 0 Å². The summed E-state index contributed by atoms with van der Waals surface area (Å²) >= 11 is 4.88. The van der Waals surface area contributed by atoms with Crippen molar-refractivity contribution in [2.45, 2.75) is 37.3 Å². The molecule has 0 aliphatic rings. The zero-order chi connectivity index (χ0) is 14.3. The fourth-order valence-corrected chi connectivity index (χ4v) is 2.15. The average Bonchev–Trinajstić information content (AvgIpc) is 2.34. The molecule has 8 heteroatoms. The van der Waals surface area contributed by atoms with Crippen molar-refractivity contribution < 1.29 is 29.7 Å². The topological polar surface area (TPSA) is 118 Å². The van der Waals surface area contributed by atoms with Crippen molar-refractivity contribution in [2.24, 2.45) is 0 Å². The lowest BCUT2D eigenvalue weighted by Gasteiger charge is -2.26. The largest absolute Gasteiger partial charge is 0.394 e. The second-order valence-electron chi connectivity index (χ2n) is 4.02. The van der Waals surface area contributed by atoms with Gasteiger partial charge in [0.15, 0.2) is 0 Å². The molecule has 0 spiro atoms. The van der Waals surface area contributed by atoms with Crippen molar-refractivity contribution in [3.63, 3.8) is 0 Å². The van der Waals surface area contributed by atoms with Gasteiger partial charge in [0, 0.05) is 27.7 Å². The normalized spacial score (nSPS) is 19.9. The lowest BCUT2D eigenvalue weighted by Crippen LogP contribution is -2.48. The molecule has 0 aliphatic carbocycles. The molecule has 0 rings (SSSR count). The van der Waals surface area contributed by atoms with Gasteiger partial charge in [-0.05, 0) is 12.8 Å². The Kier molecular flexibility index (Phi) is 9.05. The van der Waals surface area contributed by atoms with Crippen LogP contribution in [-0.2, 0) is 10.8 Å². The molecule has 0 amide bonds. The van der Waals surface area contributed by atoms with E-state index >= 15 is 0 Å². The van der Waals surface area contributed by atoms with E-state index in [9.17, 15) is 19.5 Å². The molecule has 0 aromatic carbocycles. The molecule has 18 heavy (non-hydrogen) atoms. The molecule has 108 valence electrons. The van der Waals surface area contributed by atoms with Gasteiger partial charge in [-0.3, -0.25) is 4.21 Å². The van der Waals surface area contributed by atoms with E-state index in [1.54, 1.807) is 6.26 Å². The smallest absolute Gasteiger partial charge is 0.114 e. The quantitative estimate of drug-likeness (QED) is 0.311. The van der Waals surface area contributed by atoms with Crippen LogP contribution in [0.2, 0.25) is 0 Å². The summed E-state index contributed by atoms with van der Waals surface area (Å²) in [5.74, 6) is 0.435. The first-order valence-electron chi connectivity index (χ1n) is 5.47. The molecule has 0 heterocycles. The van der Waals surface area contributed by atoms with Crippen LogP contribution in [0.5, 0.6) is 0 Å². The molecular formula is C10H20O6S2. The molecule has 0 saturated carbocycles. The predicted octanol–water partition coefficient (Wildman–Crippen LogP) is -2.05. The van der Waals surface area contributed by atoms with Crippen molar-refractivity contribution >= 4 is 27.9 Å². The maximum absolute atomic E-state index is 10.8. The highest BCUT2D eigenvalue weighted by atomic mass is 32.2. The molecule has 1 unspecified atom stereocenters. The van der Waals surface area contributed by atoms with E-state index in [0.717, 1.165) is 0 Å². The Labute approximate surface area is 114 Å². The van der Waals surface area contributed by atoms with Gasteiger partial charge in [0.2, 0.25) is 0 Å². The highest BCUT2D eigenvalue weighted by molar-refractivity contribution is 7.84. The minimum atomic E-state index is -1.68. The summed E-state index contributed by atoms with van der Waals surface area (Å²) in [6, 6.07) is 0. The molecule has 0 aliphatic heterocycles. The SMILES string of the molecule is CS(=O)CCCC(=S)[C@H](O)[C@@H](O)[C@H](O)[C@H](O)CO. The third kappa shape index (κ3) is 6.28. The van der Waals surface area contributed by atoms with Crippen LogP contribution in [0.3, 0.4) is 0 Å². The molecule has 0 aromatic heterocycles. The van der Waals surface area contributed by atoms with Gasteiger partial charge < -0.3 is 25.5 Å². The molecule has 5 N–H and O–H groups in total. The zero-order valence-electron chi connectivity index (χ0n) is 10.1. The van der Waals surface area contributed by atoms with Gasteiger partial charge in [-0.2, -0.15) is 0 Å². The first kappa shape index (κ1) is 18.0. The van der Waals surface area contributed by atoms with Crippen molar-refractivity contribution in [1.82, 2.24) is 0 Å². The number of thiocarbonyl (C=S) groups is 1. The van der Waals surface area contributed by atoms with E-state index in [4.69, 9.17) is 22.4 Å². The molecular weight excluding hydrogens is 280 g/mol. The summed E-state index contributed by atoms with van der Waals surface area (Å²) in [6.45, 7) is -0.730. The number of aliphatic hydroxyl groups is 5. The van der Waals surface area contributed by atoms with Gasteiger partial charge in [-0.25, -0.2) is 0 Å². The van der Waals surface area contributed by atoms with Crippen molar-refractivity contribution in [2.75, 3.05) is 18.6 Å². The van der Waals surface area contributed by atoms with E-state index in [1.165, 1.54) is 0 Å². The van der Waals surface area contributed by atoms with E-state index < -0.39 is 41.8 Å². The average molecular weight is 300 g/mol. The third-order valence-electron chi connectivity index (χ3n) is 2.44. The Bertz CT molecular complexity index is 286. The Morgan fingerprint density at radius 2 is 1.78 bits per heavy atom. The van der Waals surface area contributed by atoms with Gasteiger partial charge in [-0.15, -0.1) is 0 Å². The number of rotatable bonds is 9. The molecule has 0 bridgehead atoms. The standard InChI is InChI=1S/C10H20O6S2/c1-18(16)4-2-3-7(17)9(14)10(15)8(13)6(12)5-11/h6,8-15H,2-5H2,1H3/t6-,8-,9+,10+,18?/m1/s1. The fraction of sp³-hybridized carbons (Fsp3) is 0.900. The van der Waals surface area contributed by atoms with Crippen LogP contribution in [0, 0.1) is 0 Å². The maximum atomic E-state index is 10.8. The van der Waals surface area contributed by atoms with Crippen molar-refractivity contribution in [3.05, 3.63) is 0 Å². The maximum Gasteiger partial charge on any atom is 0.114 e.